The number of ether oxygens (including phenoxy) is 2. The second-order valence-electron chi connectivity index (χ2n) is 10.8. The van der Waals surface area contributed by atoms with Gasteiger partial charge in [0.05, 0.1) is 24.3 Å². The summed E-state index contributed by atoms with van der Waals surface area (Å²) in [4.78, 5) is 22.9. The maximum absolute atomic E-state index is 11.5. The Morgan fingerprint density at radius 2 is 0.857 bits per heavy atom. The first-order valence-corrected chi connectivity index (χ1v) is 15.6. The second kappa shape index (κ2) is 17.9. The number of hydrogen-bond acceptors (Lipinski definition) is 4. The van der Waals surface area contributed by atoms with Gasteiger partial charge in [0.15, 0.2) is 0 Å². The Hall–Kier alpha value is -3.80. The first-order valence-electron chi connectivity index (χ1n) is 15.6. The molecule has 0 aliphatic heterocycles. The molecule has 6 heteroatoms. The maximum Gasteiger partial charge on any atom is 0.335 e. The summed E-state index contributed by atoms with van der Waals surface area (Å²) < 4.78 is 12.7. The molecule has 0 fully saturated rings. The predicted molar refractivity (Wildman–Crippen MR) is 169 cm³/mol. The summed E-state index contributed by atoms with van der Waals surface area (Å²) in [7, 11) is 0. The number of carboxylic acids is 2. The molecule has 226 valence electrons. The van der Waals surface area contributed by atoms with Gasteiger partial charge in [-0.15, -0.1) is 0 Å². The zero-order chi connectivity index (χ0) is 30.2. The van der Waals surface area contributed by atoms with Crippen LogP contribution >= 0.6 is 0 Å². The summed E-state index contributed by atoms with van der Waals surface area (Å²) in [5.74, 6) is -0.555. The van der Waals surface area contributed by atoms with E-state index in [0.717, 1.165) is 47.9 Å². The van der Waals surface area contributed by atoms with Gasteiger partial charge in [0.1, 0.15) is 11.5 Å². The molecule has 0 atom stereocenters. The number of carboxylic acid groups (broad SMARTS) is 2. The first-order chi connectivity index (χ1) is 20.4. The van der Waals surface area contributed by atoms with Crippen LogP contribution < -0.4 is 9.47 Å². The van der Waals surface area contributed by atoms with Crippen LogP contribution in [0, 0.1) is 0 Å². The summed E-state index contributed by atoms with van der Waals surface area (Å²) in [5, 5.41) is 18.8. The van der Waals surface area contributed by atoms with E-state index in [-0.39, 0.29) is 11.1 Å². The zero-order valence-corrected chi connectivity index (χ0v) is 25.2. The van der Waals surface area contributed by atoms with Crippen LogP contribution in [0.4, 0.5) is 0 Å². The lowest BCUT2D eigenvalue weighted by Gasteiger charge is -2.19. The lowest BCUT2D eigenvalue weighted by molar-refractivity contribution is 0.0686. The smallest absolute Gasteiger partial charge is 0.335 e. The topological polar surface area (TPSA) is 93.1 Å². The first kappa shape index (κ1) is 32.7. The Morgan fingerprint density at radius 3 is 1.19 bits per heavy atom. The van der Waals surface area contributed by atoms with Crippen LogP contribution in [0.1, 0.15) is 112 Å². The summed E-state index contributed by atoms with van der Waals surface area (Å²) in [6.45, 7) is 5.56. The van der Waals surface area contributed by atoms with E-state index in [9.17, 15) is 19.8 Å². The molecule has 0 saturated heterocycles. The van der Waals surface area contributed by atoms with Crippen LogP contribution in [0.25, 0.3) is 22.3 Å². The minimum atomic E-state index is -0.968. The Bertz CT molecular complexity index is 1150. The predicted octanol–water partition coefficient (Wildman–Crippen LogP) is 9.90. The summed E-state index contributed by atoms with van der Waals surface area (Å²) in [5.41, 5.74) is 3.81. The second-order valence-corrected chi connectivity index (χ2v) is 10.8. The van der Waals surface area contributed by atoms with E-state index in [2.05, 4.69) is 13.8 Å². The molecule has 3 aromatic carbocycles. The van der Waals surface area contributed by atoms with Crippen molar-refractivity contribution in [3.63, 3.8) is 0 Å². The number of rotatable bonds is 20. The average molecular weight is 575 g/mol. The average Bonchev–Trinajstić information content (AvgIpc) is 3.00. The molecule has 0 aromatic heterocycles. The maximum atomic E-state index is 11.5. The molecular weight excluding hydrogens is 528 g/mol. The van der Waals surface area contributed by atoms with Gasteiger partial charge in [-0.1, -0.05) is 102 Å². The van der Waals surface area contributed by atoms with Crippen molar-refractivity contribution in [2.75, 3.05) is 13.2 Å². The fourth-order valence-electron chi connectivity index (χ4n) is 4.96. The van der Waals surface area contributed by atoms with Gasteiger partial charge >= 0.3 is 11.9 Å². The van der Waals surface area contributed by atoms with Crippen LogP contribution in [0.15, 0.2) is 60.7 Å². The fourth-order valence-corrected chi connectivity index (χ4v) is 4.96. The molecule has 0 amide bonds. The van der Waals surface area contributed by atoms with Crippen LogP contribution in [0.5, 0.6) is 11.5 Å². The summed E-state index contributed by atoms with van der Waals surface area (Å²) >= 11 is 0. The number of benzene rings is 3. The van der Waals surface area contributed by atoms with E-state index in [1.165, 1.54) is 51.4 Å². The van der Waals surface area contributed by atoms with Crippen molar-refractivity contribution in [3.8, 4) is 33.8 Å². The molecule has 0 unspecified atom stereocenters. The lowest BCUT2D eigenvalue weighted by Crippen LogP contribution is -2.03. The van der Waals surface area contributed by atoms with Crippen LogP contribution in [-0.2, 0) is 0 Å². The van der Waals surface area contributed by atoms with E-state index < -0.39 is 11.9 Å². The van der Waals surface area contributed by atoms with E-state index >= 15 is 0 Å². The molecule has 0 bridgehead atoms. The molecule has 3 rings (SSSR count). The molecule has 0 radical (unpaired) electrons. The van der Waals surface area contributed by atoms with Crippen molar-refractivity contribution in [2.45, 2.75) is 90.9 Å². The van der Waals surface area contributed by atoms with Gasteiger partial charge in [-0.25, -0.2) is 9.59 Å². The molecular formula is C36H46O6. The molecule has 2 N–H and O–H groups in total. The lowest BCUT2D eigenvalue weighted by atomic mass is 9.96. The van der Waals surface area contributed by atoms with Crippen molar-refractivity contribution < 1.29 is 29.3 Å². The standard InChI is InChI=1S/C36H46O6/c1-3-5-7-9-11-13-23-41-33-25-32(28-17-21-30(22-18-28)36(39)40)34(42-24-14-12-10-8-6-4-2)26-31(33)27-15-19-29(20-16-27)35(37)38/h15-22,25-26H,3-14,23-24H2,1-2H3,(H,37,38)(H,39,40). The van der Waals surface area contributed by atoms with E-state index in [4.69, 9.17) is 9.47 Å². The highest BCUT2D eigenvalue weighted by Gasteiger charge is 2.17. The van der Waals surface area contributed by atoms with Gasteiger partial charge in [-0.3, -0.25) is 0 Å². The van der Waals surface area contributed by atoms with Gasteiger partial charge in [0, 0.05) is 11.1 Å². The Kier molecular flexibility index (Phi) is 13.9. The number of unbranched alkanes of at least 4 members (excludes halogenated alkanes) is 10. The third-order valence-corrected chi connectivity index (χ3v) is 7.48. The molecule has 0 saturated carbocycles. The quantitative estimate of drug-likeness (QED) is 0.130. The van der Waals surface area contributed by atoms with Crippen LogP contribution in [0.3, 0.4) is 0 Å². The van der Waals surface area contributed by atoms with Crippen molar-refractivity contribution in [1.82, 2.24) is 0 Å². The zero-order valence-electron chi connectivity index (χ0n) is 25.2. The SMILES string of the molecule is CCCCCCCCOc1cc(-c2ccc(C(=O)O)cc2)c(OCCCCCCCC)cc1-c1ccc(C(=O)O)cc1. The summed E-state index contributed by atoms with van der Waals surface area (Å²) in [6.07, 6.45) is 13.9. The molecule has 0 aliphatic rings. The van der Waals surface area contributed by atoms with Gasteiger partial charge in [0.2, 0.25) is 0 Å². The van der Waals surface area contributed by atoms with Crippen molar-refractivity contribution in [1.29, 1.82) is 0 Å². The molecule has 0 aliphatic carbocycles. The van der Waals surface area contributed by atoms with Crippen LogP contribution in [-0.4, -0.2) is 35.4 Å². The normalized spacial score (nSPS) is 10.9. The van der Waals surface area contributed by atoms with Gasteiger partial charge in [-0.2, -0.15) is 0 Å². The van der Waals surface area contributed by atoms with E-state index in [1.54, 1.807) is 48.5 Å². The van der Waals surface area contributed by atoms with Gasteiger partial charge < -0.3 is 19.7 Å². The number of aromatic carboxylic acids is 2. The highest BCUT2D eigenvalue weighted by Crippen LogP contribution is 2.41. The molecule has 3 aromatic rings. The van der Waals surface area contributed by atoms with E-state index in [1.807, 2.05) is 12.1 Å². The van der Waals surface area contributed by atoms with E-state index in [0.29, 0.717) is 24.7 Å². The van der Waals surface area contributed by atoms with Crippen LogP contribution in [0.2, 0.25) is 0 Å². The highest BCUT2D eigenvalue weighted by molar-refractivity contribution is 5.90. The minimum Gasteiger partial charge on any atom is -0.493 e. The Labute approximate surface area is 250 Å². The third kappa shape index (κ3) is 10.2. The Balaban J connectivity index is 1.93. The summed E-state index contributed by atoms with van der Waals surface area (Å²) in [6, 6.07) is 17.6. The van der Waals surface area contributed by atoms with Gasteiger partial charge in [0.25, 0.3) is 0 Å². The largest absolute Gasteiger partial charge is 0.493 e. The number of hydrogen-bond donors (Lipinski definition) is 2. The fraction of sp³-hybridized carbons (Fsp3) is 0.444. The highest BCUT2D eigenvalue weighted by atomic mass is 16.5. The molecule has 42 heavy (non-hydrogen) atoms. The van der Waals surface area contributed by atoms with Gasteiger partial charge in [-0.05, 0) is 60.4 Å². The third-order valence-electron chi connectivity index (χ3n) is 7.48. The molecule has 0 heterocycles. The van der Waals surface area contributed by atoms with Crippen molar-refractivity contribution in [2.24, 2.45) is 0 Å². The monoisotopic (exact) mass is 574 g/mol. The van der Waals surface area contributed by atoms with Crippen molar-refractivity contribution in [3.05, 3.63) is 71.8 Å². The molecule has 0 spiro atoms. The molecule has 6 nitrogen and oxygen atoms in total. The van der Waals surface area contributed by atoms with Crippen molar-refractivity contribution >= 4 is 11.9 Å². The number of carbonyl (C=O) groups is 2. The minimum absolute atomic E-state index is 0.225. The Morgan fingerprint density at radius 1 is 0.524 bits per heavy atom.